The van der Waals surface area contributed by atoms with Crippen LogP contribution >= 0.6 is 0 Å². The largest absolute Gasteiger partial charge is 0.362 e. The fourth-order valence-electron chi connectivity index (χ4n) is 4.32. The summed E-state index contributed by atoms with van der Waals surface area (Å²) in [6, 6.07) is 2.53. The molecule has 0 aromatic carbocycles. The molecule has 1 nitrogen and oxygen atoms in total. The molecule has 0 amide bonds. The van der Waals surface area contributed by atoms with Crippen LogP contribution in [0.3, 0.4) is 0 Å². The summed E-state index contributed by atoms with van der Waals surface area (Å²) >= 11 is 0. The monoisotopic (exact) mass is 287 g/mol. The molecule has 1 heterocycles. The van der Waals surface area contributed by atoms with Gasteiger partial charge < -0.3 is 4.98 Å². The molecule has 118 valence electrons. The summed E-state index contributed by atoms with van der Waals surface area (Å²) in [6.45, 7) is 0. The lowest BCUT2D eigenvalue weighted by Crippen LogP contribution is -2.02. The number of hydrogen-bond acceptors (Lipinski definition) is 0. The van der Waals surface area contributed by atoms with E-state index in [2.05, 4.69) is 11.1 Å². The molecule has 0 saturated heterocycles. The first kappa shape index (κ1) is 15.2. The normalized spacial score (nSPS) is 23.0. The van der Waals surface area contributed by atoms with E-state index in [1.165, 1.54) is 96.3 Å². The zero-order valence-corrected chi connectivity index (χ0v) is 13.8. The smallest absolute Gasteiger partial charge is 0.0183 e. The minimum absolute atomic E-state index is 0.815. The Balaban J connectivity index is 1.63. The van der Waals surface area contributed by atoms with Crippen molar-refractivity contribution in [2.24, 2.45) is 0 Å². The lowest BCUT2D eigenvalue weighted by Gasteiger charge is -2.17. The average molecular weight is 287 g/mol. The molecular weight excluding hydrogens is 254 g/mol. The molecule has 21 heavy (non-hydrogen) atoms. The standard InChI is InChI=1S/C20H33N/c1-2-4-6-8-12-17(13-9-7-5-3-1)20-16-18-14-10-11-15-19(18)21-20/h16-17,21H,1-15H2. The predicted molar refractivity (Wildman–Crippen MR) is 91.0 cm³/mol. The highest BCUT2D eigenvalue weighted by atomic mass is 14.7. The van der Waals surface area contributed by atoms with Crippen LogP contribution in [-0.4, -0.2) is 4.98 Å². The Hall–Kier alpha value is -0.720. The third-order valence-electron chi connectivity index (χ3n) is 5.68. The second-order valence-electron chi connectivity index (χ2n) is 7.39. The number of aromatic amines is 1. The van der Waals surface area contributed by atoms with Crippen LogP contribution in [0.2, 0.25) is 0 Å². The van der Waals surface area contributed by atoms with E-state index in [-0.39, 0.29) is 0 Å². The molecule has 0 unspecified atom stereocenters. The molecule has 0 radical (unpaired) electrons. The second-order valence-corrected chi connectivity index (χ2v) is 7.39. The molecule has 1 saturated carbocycles. The van der Waals surface area contributed by atoms with Crippen molar-refractivity contribution >= 4 is 0 Å². The Kier molecular flexibility index (Phi) is 5.83. The summed E-state index contributed by atoms with van der Waals surface area (Å²) in [4.78, 5) is 3.82. The molecule has 0 atom stereocenters. The second kappa shape index (κ2) is 8.06. The van der Waals surface area contributed by atoms with Crippen LogP contribution in [0.15, 0.2) is 6.07 Å². The number of rotatable bonds is 1. The van der Waals surface area contributed by atoms with Crippen molar-refractivity contribution in [2.75, 3.05) is 0 Å². The molecule has 1 aromatic rings. The summed E-state index contributed by atoms with van der Waals surface area (Å²) in [5.41, 5.74) is 4.80. The van der Waals surface area contributed by atoms with Crippen molar-refractivity contribution in [2.45, 2.75) is 102 Å². The third kappa shape index (κ3) is 4.37. The number of fused-ring (bicyclic) bond motifs is 1. The predicted octanol–water partition coefficient (Wildman–Crippen LogP) is 6.28. The first-order valence-electron chi connectivity index (χ1n) is 9.64. The van der Waals surface area contributed by atoms with Crippen LogP contribution in [0, 0.1) is 0 Å². The highest BCUT2D eigenvalue weighted by Crippen LogP contribution is 2.32. The van der Waals surface area contributed by atoms with E-state index in [1.54, 1.807) is 17.0 Å². The van der Waals surface area contributed by atoms with Gasteiger partial charge in [-0.15, -0.1) is 0 Å². The van der Waals surface area contributed by atoms with E-state index in [0.29, 0.717) is 0 Å². The van der Waals surface area contributed by atoms with Crippen LogP contribution in [0.5, 0.6) is 0 Å². The van der Waals surface area contributed by atoms with Gasteiger partial charge in [-0.2, -0.15) is 0 Å². The van der Waals surface area contributed by atoms with Gasteiger partial charge in [0.25, 0.3) is 0 Å². The lowest BCUT2D eigenvalue weighted by atomic mass is 9.90. The highest BCUT2D eigenvalue weighted by molar-refractivity contribution is 5.30. The van der Waals surface area contributed by atoms with Crippen molar-refractivity contribution in [1.29, 1.82) is 0 Å². The van der Waals surface area contributed by atoms with Crippen LogP contribution < -0.4 is 0 Å². The Morgan fingerprint density at radius 1 is 0.667 bits per heavy atom. The fraction of sp³-hybridized carbons (Fsp3) is 0.800. The van der Waals surface area contributed by atoms with Gasteiger partial charge >= 0.3 is 0 Å². The van der Waals surface area contributed by atoms with Gasteiger partial charge in [-0.1, -0.05) is 57.8 Å². The number of H-pyrrole nitrogens is 1. The first-order chi connectivity index (χ1) is 10.4. The van der Waals surface area contributed by atoms with E-state index in [0.717, 1.165) is 5.92 Å². The van der Waals surface area contributed by atoms with Crippen molar-refractivity contribution < 1.29 is 0 Å². The van der Waals surface area contributed by atoms with Gasteiger partial charge in [0.05, 0.1) is 0 Å². The van der Waals surface area contributed by atoms with Crippen LogP contribution in [-0.2, 0) is 12.8 Å². The van der Waals surface area contributed by atoms with E-state index in [9.17, 15) is 0 Å². The topological polar surface area (TPSA) is 15.8 Å². The molecule has 0 aliphatic heterocycles. The van der Waals surface area contributed by atoms with Gasteiger partial charge in [0, 0.05) is 11.4 Å². The Labute approximate surface area is 130 Å². The number of aryl methyl sites for hydroxylation is 2. The number of aromatic nitrogens is 1. The van der Waals surface area contributed by atoms with Gasteiger partial charge in [-0.05, 0) is 56.1 Å². The maximum Gasteiger partial charge on any atom is 0.0183 e. The van der Waals surface area contributed by atoms with E-state index >= 15 is 0 Å². The van der Waals surface area contributed by atoms with E-state index < -0.39 is 0 Å². The average Bonchev–Trinajstić information content (AvgIpc) is 2.91. The Morgan fingerprint density at radius 3 is 1.86 bits per heavy atom. The highest BCUT2D eigenvalue weighted by Gasteiger charge is 2.18. The van der Waals surface area contributed by atoms with Crippen molar-refractivity contribution in [3.8, 4) is 0 Å². The van der Waals surface area contributed by atoms with Crippen molar-refractivity contribution in [3.05, 3.63) is 23.0 Å². The summed E-state index contributed by atoms with van der Waals surface area (Å²) in [5, 5.41) is 0. The van der Waals surface area contributed by atoms with E-state index in [4.69, 9.17) is 0 Å². The number of hydrogen-bond donors (Lipinski definition) is 1. The molecule has 1 N–H and O–H groups in total. The molecule has 2 aliphatic carbocycles. The summed E-state index contributed by atoms with van der Waals surface area (Å²) in [6.07, 6.45) is 21.4. The minimum Gasteiger partial charge on any atom is -0.362 e. The summed E-state index contributed by atoms with van der Waals surface area (Å²) in [7, 11) is 0. The summed E-state index contributed by atoms with van der Waals surface area (Å²) in [5.74, 6) is 0.815. The van der Waals surface area contributed by atoms with Crippen LogP contribution in [0.25, 0.3) is 0 Å². The van der Waals surface area contributed by atoms with Gasteiger partial charge in [0.2, 0.25) is 0 Å². The maximum absolute atomic E-state index is 3.82. The van der Waals surface area contributed by atoms with Crippen molar-refractivity contribution in [3.63, 3.8) is 0 Å². The zero-order chi connectivity index (χ0) is 14.3. The molecular formula is C20H33N. The maximum atomic E-state index is 3.82. The van der Waals surface area contributed by atoms with Gasteiger partial charge in [-0.25, -0.2) is 0 Å². The molecule has 1 aromatic heterocycles. The number of nitrogens with one attached hydrogen (secondary N) is 1. The quantitative estimate of drug-likeness (QED) is 0.625. The Morgan fingerprint density at radius 2 is 1.24 bits per heavy atom. The molecule has 2 aliphatic rings. The van der Waals surface area contributed by atoms with Crippen molar-refractivity contribution in [1.82, 2.24) is 4.98 Å². The zero-order valence-electron chi connectivity index (χ0n) is 13.8. The lowest BCUT2D eigenvalue weighted by molar-refractivity contribution is 0.462. The minimum atomic E-state index is 0.815. The van der Waals surface area contributed by atoms with Gasteiger partial charge in [0.1, 0.15) is 0 Å². The van der Waals surface area contributed by atoms with Gasteiger partial charge in [-0.3, -0.25) is 0 Å². The molecule has 0 bridgehead atoms. The molecule has 1 fully saturated rings. The molecule has 1 heteroatoms. The van der Waals surface area contributed by atoms with Gasteiger partial charge in [0.15, 0.2) is 0 Å². The van der Waals surface area contributed by atoms with Crippen LogP contribution in [0.1, 0.15) is 106 Å². The Bertz CT molecular complexity index is 382. The molecule has 0 spiro atoms. The summed E-state index contributed by atoms with van der Waals surface area (Å²) < 4.78 is 0. The third-order valence-corrected chi connectivity index (χ3v) is 5.68. The van der Waals surface area contributed by atoms with E-state index in [1.807, 2.05) is 0 Å². The SMILES string of the molecule is c1c(C2CCCCCCCCCCC2)[nH]c2c1CCCC2. The molecule has 3 rings (SSSR count). The van der Waals surface area contributed by atoms with Crippen LogP contribution in [0.4, 0.5) is 0 Å². The first-order valence-corrected chi connectivity index (χ1v) is 9.64. The fourth-order valence-corrected chi connectivity index (χ4v) is 4.32.